The Balaban J connectivity index is 2.51. The third-order valence-corrected chi connectivity index (χ3v) is 3.58. The number of aliphatic hydroxyl groups is 1. The average Bonchev–Trinajstić information content (AvgIpc) is 2.72. The van der Waals surface area contributed by atoms with Crippen LogP contribution in [0.25, 0.3) is 11.0 Å². The van der Waals surface area contributed by atoms with E-state index in [1.54, 1.807) is 0 Å². The molecule has 1 heterocycles. The van der Waals surface area contributed by atoms with Crippen LogP contribution in [-0.2, 0) is 5.41 Å². The van der Waals surface area contributed by atoms with Crippen LogP contribution in [0.2, 0.25) is 0 Å². The Labute approximate surface area is 115 Å². The number of hydrogen-bond acceptors (Lipinski definition) is 2. The lowest BCUT2D eigenvalue weighted by Crippen LogP contribution is -2.10. The van der Waals surface area contributed by atoms with Crippen molar-refractivity contribution in [2.24, 2.45) is 0 Å². The quantitative estimate of drug-likeness (QED) is 0.854. The van der Waals surface area contributed by atoms with Crippen molar-refractivity contribution >= 4 is 11.0 Å². The van der Waals surface area contributed by atoms with Gasteiger partial charge in [0.2, 0.25) is 0 Å². The molecule has 1 atom stereocenters. The zero-order chi connectivity index (χ0) is 14.2. The maximum absolute atomic E-state index is 10.0. The molecular weight excluding hydrogens is 236 g/mol. The highest BCUT2D eigenvalue weighted by Crippen LogP contribution is 2.33. The van der Waals surface area contributed by atoms with Gasteiger partial charge in [-0.1, -0.05) is 40.2 Å². The molecule has 1 aromatic carbocycles. The molecular formula is C17H24O2. The Bertz CT molecular complexity index is 573. The first-order valence-electron chi connectivity index (χ1n) is 7.05. The van der Waals surface area contributed by atoms with Crippen molar-refractivity contribution in [1.29, 1.82) is 0 Å². The summed E-state index contributed by atoms with van der Waals surface area (Å²) in [6.07, 6.45) is 1.20. The summed E-state index contributed by atoms with van der Waals surface area (Å²) in [4.78, 5) is 0. The molecule has 0 aliphatic heterocycles. The summed E-state index contributed by atoms with van der Waals surface area (Å²) in [6.45, 7) is 10.8. The topological polar surface area (TPSA) is 33.4 Å². The van der Waals surface area contributed by atoms with E-state index in [0.717, 1.165) is 29.4 Å². The summed E-state index contributed by atoms with van der Waals surface area (Å²) in [7, 11) is 0. The lowest BCUT2D eigenvalue weighted by atomic mass is 9.85. The van der Waals surface area contributed by atoms with Crippen molar-refractivity contribution in [3.63, 3.8) is 0 Å². The van der Waals surface area contributed by atoms with Crippen LogP contribution >= 0.6 is 0 Å². The molecule has 0 radical (unpaired) electrons. The summed E-state index contributed by atoms with van der Waals surface area (Å²) in [5, 5.41) is 11.1. The number of aliphatic hydroxyl groups excluding tert-OH is 1. The molecule has 19 heavy (non-hydrogen) atoms. The summed E-state index contributed by atoms with van der Waals surface area (Å²) in [5.41, 5.74) is 3.46. The summed E-state index contributed by atoms with van der Waals surface area (Å²) in [5.74, 6) is 0.686. The molecule has 0 fully saturated rings. The molecule has 1 N–H and O–H groups in total. The molecule has 0 saturated carbocycles. The Hall–Kier alpha value is -1.28. The standard InChI is InChI=1S/C17H24O2/c1-6-7-14(18)15-10-12-9-13(17(3,4)5)8-11(2)16(12)19-15/h8-10,14,18H,6-7H2,1-5H3. The van der Waals surface area contributed by atoms with Gasteiger partial charge in [-0.25, -0.2) is 0 Å². The highest BCUT2D eigenvalue weighted by Gasteiger charge is 2.18. The maximum Gasteiger partial charge on any atom is 0.137 e. The van der Waals surface area contributed by atoms with Crippen LogP contribution in [0.15, 0.2) is 22.6 Å². The Morgan fingerprint density at radius 2 is 1.89 bits per heavy atom. The third-order valence-electron chi connectivity index (χ3n) is 3.58. The predicted octanol–water partition coefficient (Wildman–Crippen LogP) is 4.87. The molecule has 0 aliphatic rings. The van der Waals surface area contributed by atoms with Crippen LogP contribution in [0.3, 0.4) is 0 Å². The van der Waals surface area contributed by atoms with Crippen LogP contribution < -0.4 is 0 Å². The molecule has 2 heteroatoms. The second-order valence-electron chi connectivity index (χ2n) is 6.41. The van der Waals surface area contributed by atoms with Gasteiger partial charge >= 0.3 is 0 Å². The van der Waals surface area contributed by atoms with E-state index in [1.807, 2.05) is 6.07 Å². The van der Waals surface area contributed by atoms with E-state index >= 15 is 0 Å². The molecule has 2 aromatic rings. The zero-order valence-corrected chi connectivity index (χ0v) is 12.6. The van der Waals surface area contributed by atoms with Crippen LogP contribution in [-0.4, -0.2) is 5.11 Å². The summed E-state index contributed by atoms with van der Waals surface area (Å²) < 4.78 is 5.83. The van der Waals surface area contributed by atoms with Crippen molar-refractivity contribution in [2.45, 2.75) is 59.0 Å². The molecule has 104 valence electrons. The lowest BCUT2D eigenvalue weighted by molar-refractivity contribution is 0.141. The highest BCUT2D eigenvalue weighted by atomic mass is 16.4. The van der Waals surface area contributed by atoms with E-state index in [0.29, 0.717) is 5.76 Å². The fourth-order valence-electron chi connectivity index (χ4n) is 2.36. The zero-order valence-electron chi connectivity index (χ0n) is 12.6. The minimum atomic E-state index is -0.491. The second kappa shape index (κ2) is 5.01. The first-order chi connectivity index (χ1) is 8.82. The van der Waals surface area contributed by atoms with Gasteiger partial charge in [-0.05, 0) is 42.0 Å². The predicted molar refractivity (Wildman–Crippen MR) is 79.5 cm³/mol. The Morgan fingerprint density at radius 1 is 1.21 bits per heavy atom. The van der Waals surface area contributed by atoms with E-state index in [9.17, 15) is 5.11 Å². The van der Waals surface area contributed by atoms with Crippen LogP contribution in [0, 0.1) is 6.92 Å². The fourth-order valence-corrected chi connectivity index (χ4v) is 2.36. The van der Waals surface area contributed by atoms with E-state index in [4.69, 9.17) is 4.42 Å². The lowest BCUT2D eigenvalue weighted by Gasteiger charge is -2.19. The van der Waals surface area contributed by atoms with Crippen molar-refractivity contribution in [1.82, 2.24) is 0 Å². The van der Waals surface area contributed by atoms with Crippen molar-refractivity contribution < 1.29 is 9.52 Å². The first kappa shape index (κ1) is 14.1. The van der Waals surface area contributed by atoms with Crippen molar-refractivity contribution in [3.8, 4) is 0 Å². The molecule has 2 rings (SSSR count). The minimum Gasteiger partial charge on any atom is -0.458 e. The van der Waals surface area contributed by atoms with Gasteiger partial charge in [-0.2, -0.15) is 0 Å². The van der Waals surface area contributed by atoms with Gasteiger partial charge in [0.1, 0.15) is 17.4 Å². The molecule has 1 aromatic heterocycles. The normalized spacial score (nSPS) is 14.0. The Morgan fingerprint density at radius 3 is 2.47 bits per heavy atom. The number of benzene rings is 1. The van der Waals surface area contributed by atoms with E-state index < -0.39 is 6.10 Å². The van der Waals surface area contributed by atoms with Gasteiger partial charge in [-0.15, -0.1) is 0 Å². The highest BCUT2D eigenvalue weighted by molar-refractivity contribution is 5.82. The van der Waals surface area contributed by atoms with Crippen molar-refractivity contribution in [2.75, 3.05) is 0 Å². The smallest absolute Gasteiger partial charge is 0.137 e. The maximum atomic E-state index is 10.0. The second-order valence-corrected chi connectivity index (χ2v) is 6.41. The summed E-state index contributed by atoms with van der Waals surface area (Å²) >= 11 is 0. The largest absolute Gasteiger partial charge is 0.458 e. The molecule has 0 saturated heterocycles. The van der Waals surface area contributed by atoms with E-state index in [1.165, 1.54) is 5.56 Å². The van der Waals surface area contributed by atoms with Crippen molar-refractivity contribution in [3.05, 3.63) is 35.1 Å². The SMILES string of the molecule is CCCC(O)c1cc2cc(C(C)(C)C)cc(C)c2o1. The van der Waals surface area contributed by atoms with E-state index in [2.05, 4.69) is 46.8 Å². The van der Waals surface area contributed by atoms with Crippen LogP contribution in [0.1, 0.15) is 63.5 Å². The molecule has 0 aliphatic carbocycles. The molecule has 2 nitrogen and oxygen atoms in total. The molecule has 0 spiro atoms. The van der Waals surface area contributed by atoms with E-state index in [-0.39, 0.29) is 5.41 Å². The number of aryl methyl sites for hydroxylation is 1. The Kier molecular flexibility index (Phi) is 3.73. The molecule has 0 amide bonds. The average molecular weight is 260 g/mol. The summed E-state index contributed by atoms with van der Waals surface area (Å²) in [6, 6.07) is 6.34. The van der Waals surface area contributed by atoms with Gasteiger partial charge in [0.25, 0.3) is 0 Å². The van der Waals surface area contributed by atoms with Crippen LogP contribution in [0.5, 0.6) is 0 Å². The van der Waals surface area contributed by atoms with Gasteiger partial charge < -0.3 is 9.52 Å². The van der Waals surface area contributed by atoms with Gasteiger partial charge in [0, 0.05) is 5.39 Å². The number of hydrogen-bond donors (Lipinski definition) is 1. The van der Waals surface area contributed by atoms with Crippen LogP contribution in [0.4, 0.5) is 0 Å². The minimum absolute atomic E-state index is 0.123. The monoisotopic (exact) mass is 260 g/mol. The van der Waals surface area contributed by atoms with Gasteiger partial charge in [-0.3, -0.25) is 0 Å². The molecule has 1 unspecified atom stereocenters. The first-order valence-corrected chi connectivity index (χ1v) is 7.05. The van der Waals surface area contributed by atoms with Gasteiger partial charge in [0.15, 0.2) is 0 Å². The van der Waals surface area contributed by atoms with Gasteiger partial charge in [0.05, 0.1) is 0 Å². The number of fused-ring (bicyclic) bond motifs is 1. The number of furan rings is 1. The fraction of sp³-hybridized carbons (Fsp3) is 0.529. The molecule has 0 bridgehead atoms. The number of rotatable bonds is 3. The third kappa shape index (κ3) is 2.84.